The number of hydrogen-bond acceptors (Lipinski definition) is 6. The highest BCUT2D eigenvalue weighted by Gasteiger charge is 2.19. The Bertz CT molecular complexity index is 1040. The second-order valence-electron chi connectivity index (χ2n) is 6.30. The number of methoxy groups -OCH3 is 1. The molecular weight excluding hydrogens is 386 g/mol. The molecule has 2 N–H and O–H groups in total. The van der Waals surface area contributed by atoms with Gasteiger partial charge in [0, 0.05) is 12.7 Å². The predicted octanol–water partition coefficient (Wildman–Crippen LogP) is 3.69. The first-order valence-corrected chi connectivity index (χ1v) is 8.65. The van der Waals surface area contributed by atoms with Crippen molar-refractivity contribution >= 4 is 23.1 Å². The third-order valence-electron chi connectivity index (χ3n) is 4.15. The number of rotatable bonds is 6. The molecule has 0 unspecified atom stereocenters. The molecule has 154 valence electrons. The average molecular weight is 406 g/mol. The van der Waals surface area contributed by atoms with Crippen LogP contribution in [0, 0.1) is 13.8 Å². The van der Waals surface area contributed by atoms with Gasteiger partial charge in [-0.1, -0.05) is 0 Å². The number of anilines is 2. The fraction of sp³-hybridized carbons (Fsp3) is 0.333. The van der Waals surface area contributed by atoms with Gasteiger partial charge in [0.15, 0.2) is 5.65 Å². The Balaban J connectivity index is 1.82. The highest BCUT2D eigenvalue weighted by molar-refractivity contribution is 6.00. The Morgan fingerprint density at radius 2 is 2.00 bits per heavy atom. The Morgan fingerprint density at radius 1 is 1.24 bits per heavy atom. The van der Waals surface area contributed by atoms with Crippen molar-refractivity contribution in [3.8, 4) is 5.88 Å². The van der Waals surface area contributed by atoms with Crippen molar-refractivity contribution in [1.29, 1.82) is 0 Å². The Morgan fingerprint density at radius 3 is 2.66 bits per heavy atom. The van der Waals surface area contributed by atoms with E-state index in [2.05, 4.69) is 30.4 Å². The SMILES string of the molecule is CO[C@@H](C)c1c(NC(=O)Nc2cnc(OC(F)F)c(C)c2)cnn2cc(C)nc12. The number of imidazole rings is 1. The minimum absolute atomic E-state index is 0.202. The van der Waals surface area contributed by atoms with Gasteiger partial charge in [0.25, 0.3) is 0 Å². The number of urea groups is 1. The molecule has 0 saturated heterocycles. The molecule has 9 nitrogen and oxygen atoms in total. The fourth-order valence-electron chi connectivity index (χ4n) is 2.81. The first-order chi connectivity index (χ1) is 13.8. The summed E-state index contributed by atoms with van der Waals surface area (Å²) in [6, 6.07) is 0.912. The zero-order valence-electron chi connectivity index (χ0n) is 16.2. The number of halogens is 2. The summed E-state index contributed by atoms with van der Waals surface area (Å²) in [6.45, 7) is 2.24. The largest absolute Gasteiger partial charge is 0.417 e. The van der Waals surface area contributed by atoms with E-state index in [1.165, 1.54) is 18.5 Å². The van der Waals surface area contributed by atoms with Crippen molar-refractivity contribution in [1.82, 2.24) is 19.6 Å². The zero-order valence-corrected chi connectivity index (χ0v) is 16.2. The van der Waals surface area contributed by atoms with Crippen molar-refractivity contribution in [2.24, 2.45) is 0 Å². The number of aromatic nitrogens is 4. The van der Waals surface area contributed by atoms with E-state index in [1.807, 2.05) is 13.8 Å². The van der Waals surface area contributed by atoms with E-state index in [0.717, 1.165) is 5.69 Å². The second kappa shape index (κ2) is 8.35. The third kappa shape index (κ3) is 4.57. The van der Waals surface area contributed by atoms with Crippen molar-refractivity contribution < 1.29 is 23.0 Å². The maximum Gasteiger partial charge on any atom is 0.388 e. The monoisotopic (exact) mass is 406 g/mol. The lowest BCUT2D eigenvalue weighted by molar-refractivity contribution is -0.0533. The molecule has 11 heteroatoms. The van der Waals surface area contributed by atoms with Gasteiger partial charge in [-0.05, 0) is 26.8 Å². The number of ether oxygens (including phenoxy) is 2. The normalized spacial score (nSPS) is 12.2. The molecule has 3 aromatic heterocycles. The first-order valence-electron chi connectivity index (χ1n) is 8.65. The van der Waals surface area contributed by atoms with Crippen LogP contribution in [-0.4, -0.2) is 39.3 Å². The Kier molecular flexibility index (Phi) is 5.87. The fourth-order valence-corrected chi connectivity index (χ4v) is 2.81. The van der Waals surface area contributed by atoms with Crippen LogP contribution >= 0.6 is 0 Å². The number of hydrogen-bond donors (Lipinski definition) is 2. The van der Waals surface area contributed by atoms with E-state index in [-0.39, 0.29) is 12.0 Å². The van der Waals surface area contributed by atoms with E-state index in [0.29, 0.717) is 28.1 Å². The van der Waals surface area contributed by atoms with Gasteiger partial charge in [-0.3, -0.25) is 0 Å². The molecule has 0 radical (unpaired) electrons. The van der Waals surface area contributed by atoms with Crippen LogP contribution in [0.1, 0.15) is 29.8 Å². The van der Waals surface area contributed by atoms with Crippen LogP contribution in [0.3, 0.4) is 0 Å². The van der Waals surface area contributed by atoms with Crippen molar-refractivity contribution in [3.63, 3.8) is 0 Å². The lowest BCUT2D eigenvalue weighted by atomic mass is 10.1. The summed E-state index contributed by atoms with van der Waals surface area (Å²) in [6.07, 6.45) is 4.14. The van der Waals surface area contributed by atoms with Crippen molar-refractivity contribution in [3.05, 3.63) is 41.5 Å². The number of pyridine rings is 1. The lowest BCUT2D eigenvalue weighted by Gasteiger charge is -2.17. The summed E-state index contributed by atoms with van der Waals surface area (Å²) in [7, 11) is 1.55. The number of carbonyl (C=O) groups excluding carboxylic acids is 1. The first kappa shape index (κ1) is 20.4. The predicted molar refractivity (Wildman–Crippen MR) is 101 cm³/mol. The number of nitrogens with zero attached hydrogens (tertiary/aromatic N) is 4. The van der Waals surface area contributed by atoms with Gasteiger partial charge in [-0.15, -0.1) is 0 Å². The number of nitrogens with one attached hydrogen (secondary N) is 2. The van der Waals surface area contributed by atoms with Crippen molar-refractivity contribution in [2.75, 3.05) is 17.7 Å². The second-order valence-corrected chi connectivity index (χ2v) is 6.30. The Hall–Kier alpha value is -3.34. The molecule has 2 amide bonds. The molecule has 3 aromatic rings. The Labute approximate surface area is 165 Å². The van der Waals surface area contributed by atoms with E-state index in [4.69, 9.17) is 4.74 Å². The van der Waals surface area contributed by atoms with Gasteiger partial charge < -0.3 is 20.1 Å². The summed E-state index contributed by atoms with van der Waals surface area (Å²) < 4.78 is 36.0. The number of alkyl halides is 2. The quantitative estimate of drug-likeness (QED) is 0.647. The molecule has 0 fully saturated rings. The molecule has 3 heterocycles. The topological polar surface area (TPSA) is 103 Å². The minimum Gasteiger partial charge on any atom is -0.417 e. The van der Waals surface area contributed by atoms with Crippen LogP contribution in [0.2, 0.25) is 0 Å². The molecular formula is C18H20F2N6O3. The van der Waals surface area contributed by atoms with Crippen LogP contribution in [0.25, 0.3) is 5.65 Å². The number of carbonyl (C=O) groups is 1. The van der Waals surface area contributed by atoms with Gasteiger partial charge in [0.1, 0.15) is 0 Å². The maximum atomic E-state index is 12.5. The molecule has 0 aliphatic heterocycles. The van der Waals surface area contributed by atoms with Crippen molar-refractivity contribution in [2.45, 2.75) is 33.5 Å². The molecule has 3 rings (SSSR count). The molecule has 29 heavy (non-hydrogen) atoms. The van der Waals surface area contributed by atoms with Crippen LogP contribution in [0.4, 0.5) is 25.0 Å². The van der Waals surface area contributed by atoms with E-state index in [1.54, 1.807) is 24.7 Å². The average Bonchev–Trinajstić information content (AvgIpc) is 3.03. The number of amides is 2. The molecule has 0 bridgehead atoms. The van der Waals surface area contributed by atoms with Gasteiger partial charge in [-0.25, -0.2) is 19.3 Å². The zero-order chi connectivity index (χ0) is 21.1. The van der Waals surface area contributed by atoms with Crippen LogP contribution < -0.4 is 15.4 Å². The number of fused-ring (bicyclic) bond motifs is 1. The smallest absolute Gasteiger partial charge is 0.388 e. The number of aryl methyl sites for hydroxylation is 2. The molecule has 0 spiro atoms. The summed E-state index contributed by atoms with van der Waals surface area (Å²) in [4.78, 5) is 20.7. The van der Waals surface area contributed by atoms with E-state index < -0.39 is 12.6 Å². The molecule has 0 aliphatic carbocycles. The minimum atomic E-state index is -2.97. The summed E-state index contributed by atoms with van der Waals surface area (Å²) in [5.74, 6) is -0.202. The van der Waals surface area contributed by atoms with Gasteiger partial charge >= 0.3 is 12.6 Å². The summed E-state index contributed by atoms with van der Waals surface area (Å²) in [5, 5.41) is 9.56. The highest BCUT2D eigenvalue weighted by atomic mass is 19.3. The van der Waals surface area contributed by atoms with Gasteiger partial charge in [0.2, 0.25) is 5.88 Å². The van der Waals surface area contributed by atoms with Gasteiger partial charge in [-0.2, -0.15) is 13.9 Å². The summed E-state index contributed by atoms with van der Waals surface area (Å²) in [5.41, 5.74) is 3.11. The summed E-state index contributed by atoms with van der Waals surface area (Å²) >= 11 is 0. The van der Waals surface area contributed by atoms with E-state index >= 15 is 0 Å². The molecule has 0 aliphatic rings. The van der Waals surface area contributed by atoms with Crippen LogP contribution in [-0.2, 0) is 4.74 Å². The van der Waals surface area contributed by atoms with Crippen LogP contribution in [0.15, 0.2) is 24.7 Å². The standard InChI is InChI=1S/C18H20F2N6O3/c1-9-5-12(6-21-16(9)29-17(19)20)24-18(27)25-13-7-22-26-8-10(2)23-15(26)14(13)11(3)28-4/h5-8,11,17H,1-4H3,(H2,24,25,27)/t11-/m0/s1. The highest BCUT2D eigenvalue weighted by Crippen LogP contribution is 2.28. The molecule has 1 atom stereocenters. The lowest BCUT2D eigenvalue weighted by Crippen LogP contribution is -2.22. The van der Waals surface area contributed by atoms with Crippen LogP contribution in [0.5, 0.6) is 5.88 Å². The molecule has 0 saturated carbocycles. The maximum absolute atomic E-state index is 12.5. The third-order valence-corrected chi connectivity index (χ3v) is 4.15. The van der Waals surface area contributed by atoms with E-state index in [9.17, 15) is 13.6 Å². The van der Waals surface area contributed by atoms with Gasteiger partial charge in [0.05, 0.1) is 47.3 Å². The molecule has 0 aromatic carbocycles.